The van der Waals surface area contributed by atoms with E-state index in [2.05, 4.69) is 25.3 Å². The summed E-state index contributed by atoms with van der Waals surface area (Å²) in [5.74, 6) is -0.878. The Kier molecular flexibility index (Phi) is 6.68. The smallest absolute Gasteiger partial charge is 0.324 e. The second kappa shape index (κ2) is 9.28. The SMILES string of the molecule is CC(C(=O)Nc1ccc(S(=O)(=O)Nc2ccc(Cl)nn2)cc1)n1nc(C(F)(F)F)c(Cl)c1C1CC1. The number of anilines is 2. The van der Waals surface area contributed by atoms with Crippen molar-refractivity contribution in [3.63, 3.8) is 0 Å². The first-order chi connectivity index (χ1) is 16.4. The number of carbonyl (C=O) groups is 1. The maximum Gasteiger partial charge on any atom is 0.436 e. The van der Waals surface area contributed by atoms with E-state index in [0.29, 0.717) is 12.8 Å². The van der Waals surface area contributed by atoms with Gasteiger partial charge in [0.15, 0.2) is 16.7 Å². The molecule has 2 heterocycles. The lowest BCUT2D eigenvalue weighted by molar-refractivity contribution is -0.141. The highest BCUT2D eigenvalue weighted by atomic mass is 35.5. The molecule has 15 heteroatoms. The number of aromatic nitrogens is 4. The minimum atomic E-state index is -4.75. The van der Waals surface area contributed by atoms with E-state index < -0.39 is 38.9 Å². The van der Waals surface area contributed by atoms with Crippen molar-refractivity contribution in [2.75, 3.05) is 10.0 Å². The maximum atomic E-state index is 13.3. The van der Waals surface area contributed by atoms with E-state index in [-0.39, 0.29) is 33.2 Å². The Morgan fingerprint density at radius 1 is 1.11 bits per heavy atom. The fourth-order valence-electron chi connectivity index (χ4n) is 3.27. The van der Waals surface area contributed by atoms with Crippen LogP contribution in [0.5, 0.6) is 0 Å². The second-order valence-electron chi connectivity index (χ2n) is 7.80. The van der Waals surface area contributed by atoms with Crippen molar-refractivity contribution in [3.8, 4) is 0 Å². The molecule has 1 fully saturated rings. The standard InChI is InChI=1S/C20H17Cl2F3N6O3S/c1-10(31-17(11-2-3-11)16(22)18(29-31)20(23,24)25)19(32)26-12-4-6-13(7-5-12)35(33,34)30-15-9-8-14(21)27-28-15/h4-11H,2-3H2,1H3,(H,26,32)(H,28,30). The van der Waals surface area contributed by atoms with Gasteiger partial charge in [-0.3, -0.25) is 14.2 Å². The number of alkyl halides is 3. The number of rotatable bonds is 7. The molecule has 9 nitrogen and oxygen atoms in total. The highest BCUT2D eigenvalue weighted by Gasteiger charge is 2.43. The van der Waals surface area contributed by atoms with Gasteiger partial charge in [-0.25, -0.2) is 8.42 Å². The molecule has 4 rings (SSSR count). The van der Waals surface area contributed by atoms with Crippen molar-refractivity contribution < 1.29 is 26.4 Å². The molecule has 186 valence electrons. The van der Waals surface area contributed by atoms with Crippen LogP contribution in [-0.4, -0.2) is 34.3 Å². The van der Waals surface area contributed by atoms with Gasteiger partial charge in [-0.05, 0) is 56.2 Å². The molecule has 1 atom stereocenters. The second-order valence-corrected chi connectivity index (χ2v) is 10.2. The number of hydrogen-bond donors (Lipinski definition) is 2. The van der Waals surface area contributed by atoms with Crippen LogP contribution in [0.2, 0.25) is 10.2 Å². The van der Waals surface area contributed by atoms with Crippen LogP contribution >= 0.6 is 23.2 Å². The van der Waals surface area contributed by atoms with Gasteiger partial charge in [-0.1, -0.05) is 23.2 Å². The molecule has 35 heavy (non-hydrogen) atoms. The number of hydrogen-bond acceptors (Lipinski definition) is 6. The third-order valence-electron chi connectivity index (χ3n) is 5.17. The summed E-state index contributed by atoms with van der Waals surface area (Å²) in [7, 11) is -4.00. The number of amides is 1. The molecular formula is C20H17Cl2F3N6O3S. The lowest BCUT2D eigenvalue weighted by Gasteiger charge is -2.16. The van der Waals surface area contributed by atoms with Gasteiger partial charge in [-0.2, -0.15) is 18.3 Å². The predicted octanol–water partition coefficient (Wildman–Crippen LogP) is 4.88. The van der Waals surface area contributed by atoms with Gasteiger partial charge in [0.05, 0.1) is 15.6 Å². The Morgan fingerprint density at radius 3 is 2.31 bits per heavy atom. The maximum absolute atomic E-state index is 13.3. The molecule has 0 aliphatic heterocycles. The highest BCUT2D eigenvalue weighted by Crippen LogP contribution is 2.47. The fraction of sp³-hybridized carbons (Fsp3) is 0.300. The Labute approximate surface area is 207 Å². The van der Waals surface area contributed by atoms with Crippen LogP contribution in [0.3, 0.4) is 0 Å². The largest absolute Gasteiger partial charge is 0.436 e. The molecule has 3 aromatic rings. The van der Waals surface area contributed by atoms with E-state index >= 15 is 0 Å². The molecule has 1 unspecified atom stereocenters. The normalized spacial score (nSPS) is 15.0. The van der Waals surface area contributed by atoms with E-state index in [1.807, 2.05) is 0 Å². The van der Waals surface area contributed by atoms with Crippen LogP contribution in [0, 0.1) is 0 Å². The summed E-state index contributed by atoms with van der Waals surface area (Å²) in [6.45, 7) is 1.40. The first-order valence-corrected chi connectivity index (χ1v) is 12.4. The zero-order valence-corrected chi connectivity index (χ0v) is 20.2. The zero-order chi connectivity index (χ0) is 25.5. The van der Waals surface area contributed by atoms with Crippen molar-refractivity contribution in [3.05, 3.63) is 58.0 Å². The molecule has 1 aliphatic rings. The van der Waals surface area contributed by atoms with E-state index in [1.54, 1.807) is 0 Å². The van der Waals surface area contributed by atoms with Crippen molar-refractivity contribution in [2.24, 2.45) is 0 Å². The summed E-state index contributed by atoms with van der Waals surface area (Å²) in [6.07, 6.45) is -3.44. The molecular weight excluding hydrogens is 532 g/mol. The van der Waals surface area contributed by atoms with Gasteiger partial charge in [0, 0.05) is 11.6 Å². The number of benzene rings is 1. The van der Waals surface area contributed by atoms with Gasteiger partial charge >= 0.3 is 6.18 Å². The summed E-state index contributed by atoms with van der Waals surface area (Å²) in [5, 5.41) is 12.9. The molecule has 0 saturated heterocycles. The van der Waals surface area contributed by atoms with Crippen molar-refractivity contribution >= 4 is 50.6 Å². The van der Waals surface area contributed by atoms with Crippen molar-refractivity contribution in [1.29, 1.82) is 0 Å². The summed E-state index contributed by atoms with van der Waals surface area (Å²) in [6, 6.07) is 6.77. The lowest BCUT2D eigenvalue weighted by atomic mass is 10.2. The van der Waals surface area contributed by atoms with Crippen LogP contribution in [0.15, 0.2) is 41.3 Å². The number of nitrogens with zero attached hydrogens (tertiary/aromatic N) is 4. The Morgan fingerprint density at radius 2 is 1.77 bits per heavy atom. The third kappa shape index (κ3) is 5.52. The first-order valence-electron chi connectivity index (χ1n) is 10.1. The molecule has 2 aromatic heterocycles. The molecule has 1 aliphatic carbocycles. The Balaban J connectivity index is 1.49. The van der Waals surface area contributed by atoms with Gasteiger partial charge in [-0.15, -0.1) is 10.2 Å². The third-order valence-corrected chi connectivity index (χ3v) is 7.11. The average molecular weight is 549 g/mol. The molecule has 0 spiro atoms. The van der Waals surface area contributed by atoms with E-state index in [4.69, 9.17) is 23.2 Å². The minimum absolute atomic E-state index is 0.0387. The minimum Gasteiger partial charge on any atom is -0.324 e. The van der Waals surface area contributed by atoms with E-state index in [0.717, 1.165) is 4.68 Å². The number of carbonyl (C=O) groups excluding carboxylic acids is 1. The Bertz CT molecular complexity index is 1360. The van der Waals surface area contributed by atoms with E-state index in [1.165, 1.54) is 43.3 Å². The zero-order valence-electron chi connectivity index (χ0n) is 17.8. The first kappa shape index (κ1) is 25.2. The Hall–Kier alpha value is -2.90. The topological polar surface area (TPSA) is 119 Å². The summed E-state index contributed by atoms with van der Waals surface area (Å²) in [5.41, 5.74) is -0.818. The number of halogens is 5. The molecule has 1 saturated carbocycles. The molecule has 2 N–H and O–H groups in total. The van der Waals surface area contributed by atoms with Gasteiger partial charge in [0.25, 0.3) is 10.0 Å². The number of sulfonamides is 1. The van der Waals surface area contributed by atoms with Crippen LogP contribution in [0.25, 0.3) is 0 Å². The molecule has 1 aromatic carbocycles. The average Bonchev–Trinajstić information content (AvgIpc) is 3.56. The van der Waals surface area contributed by atoms with Crippen LogP contribution in [0.1, 0.15) is 43.1 Å². The predicted molar refractivity (Wildman–Crippen MR) is 122 cm³/mol. The monoisotopic (exact) mass is 548 g/mol. The quantitative estimate of drug-likeness (QED) is 0.434. The van der Waals surface area contributed by atoms with Crippen LogP contribution in [-0.2, 0) is 21.0 Å². The van der Waals surface area contributed by atoms with Crippen LogP contribution in [0.4, 0.5) is 24.7 Å². The van der Waals surface area contributed by atoms with Crippen molar-refractivity contribution in [1.82, 2.24) is 20.0 Å². The summed E-state index contributed by atoms with van der Waals surface area (Å²) >= 11 is 11.6. The lowest BCUT2D eigenvalue weighted by Crippen LogP contribution is -2.26. The van der Waals surface area contributed by atoms with Gasteiger partial charge in [0.1, 0.15) is 6.04 Å². The van der Waals surface area contributed by atoms with Crippen molar-refractivity contribution in [2.45, 2.75) is 42.8 Å². The molecule has 0 radical (unpaired) electrons. The highest BCUT2D eigenvalue weighted by molar-refractivity contribution is 7.92. The molecule has 1 amide bonds. The summed E-state index contributed by atoms with van der Waals surface area (Å²) < 4.78 is 68.2. The van der Waals surface area contributed by atoms with Gasteiger partial charge < -0.3 is 5.32 Å². The summed E-state index contributed by atoms with van der Waals surface area (Å²) in [4.78, 5) is 12.7. The van der Waals surface area contributed by atoms with E-state index in [9.17, 15) is 26.4 Å². The fourth-order valence-corrected chi connectivity index (χ4v) is 4.75. The number of nitrogens with one attached hydrogen (secondary N) is 2. The van der Waals surface area contributed by atoms with Gasteiger partial charge in [0.2, 0.25) is 5.91 Å². The molecule has 0 bridgehead atoms. The van der Waals surface area contributed by atoms with Crippen LogP contribution < -0.4 is 10.0 Å².